The van der Waals surface area contributed by atoms with E-state index in [0.29, 0.717) is 6.04 Å². The summed E-state index contributed by atoms with van der Waals surface area (Å²) in [5.41, 5.74) is 1.25. The molecule has 21 heavy (non-hydrogen) atoms. The Kier molecular flexibility index (Phi) is 7.94. The van der Waals surface area contributed by atoms with Crippen LogP contribution in [0, 0.1) is 0 Å². The van der Waals surface area contributed by atoms with Crippen molar-refractivity contribution in [2.24, 2.45) is 0 Å². The van der Waals surface area contributed by atoms with E-state index in [1.54, 1.807) is 0 Å². The monoisotopic (exact) mass is 389 g/mol. The second kappa shape index (κ2) is 9.44. The lowest BCUT2D eigenvalue weighted by Gasteiger charge is -2.24. The van der Waals surface area contributed by atoms with Gasteiger partial charge >= 0.3 is 0 Å². The highest BCUT2D eigenvalue weighted by Crippen LogP contribution is 2.29. The minimum atomic E-state index is 0.514. The van der Waals surface area contributed by atoms with E-state index in [1.165, 1.54) is 43.4 Å². The fourth-order valence-electron chi connectivity index (χ4n) is 2.92. The Morgan fingerprint density at radius 1 is 1.33 bits per heavy atom. The molecule has 0 bridgehead atoms. The topological polar surface area (TPSA) is 12.0 Å². The van der Waals surface area contributed by atoms with Crippen LogP contribution in [0.5, 0.6) is 0 Å². The van der Waals surface area contributed by atoms with Crippen LogP contribution in [-0.2, 0) is 6.42 Å². The third-order valence-corrected chi connectivity index (χ3v) is 6.44. The Labute approximate surface area is 146 Å². The summed E-state index contributed by atoms with van der Waals surface area (Å²) in [5, 5.41) is 5.37. The Balaban J connectivity index is 1.88. The van der Waals surface area contributed by atoms with Crippen LogP contribution < -0.4 is 5.32 Å². The van der Waals surface area contributed by atoms with Crippen LogP contribution in [0.3, 0.4) is 0 Å². The van der Waals surface area contributed by atoms with Crippen molar-refractivity contribution in [3.8, 4) is 0 Å². The van der Waals surface area contributed by atoms with Crippen molar-refractivity contribution in [2.45, 2.75) is 56.7 Å². The Morgan fingerprint density at radius 2 is 2.10 bits per heavy atom. The van der Waals surface area contributed by atoms with Crippen molar-refractivity contribution < 1.29 is 0 Å². The highest BCUT2D eigenvalue weighted by molar-refractivity contribution is 9.10. The summed E-state index contributed by atoms with van der Waals surface area (Å²) < 4.78 is 1.05. The highest BCUT2D eigenvalue weighted by Gasteiger charge is 2.17. The van der Waals surface area contributed by atoms with E-state index in [2.05, 4.69) is 52.1 Å². The van der Waals surface area contributed by atoms with E-state index in [1.807, 2.05) is 6.07 Å². The van der Waals surface area contributed by atoms with Gasteiger partial charge < -0.3 is 5.32 Å². The predicted octanol–water partition coefficient (Wildman–Crippen LogP) is 5.69. The van der Waals surface area contributed by atoms with Crippen LogP contribution in [0.2, 0.25) is 5.02 Å². The smallest absolute Gasteiger partial charge is 0.0449 e. The van der Waals surface area contributed by atoms with Crippen LogP contribution in [0.15, 0.2) is 22.7 Å². The molecule has 0 radical (unpaired) electrons. The largest absolute Gasteiger partial charge is 0.313 e. The van der Waals surface area contributed by atoms with Gasteiger partial charge in [-0.15, -0.1) is 0 Å². The van der Waals surface area contributed by atoms with Crippen molar-refractivity contribution >= 4 is 39.3 Å². The number of benzene rings is 1. The molecule has 0 aliphatic heterocycles. The number of nitrogens with one attached hydrogen (secondary N) is 1. The van der Waals surface area contributed by atoms with Gasteiger partial charge in [-0.3, -0.25) is 0 Å². The molecule has 118 valence electrons. The molecule has 1 N–H and O–H groups in total. The second-order valence-corrected chi connectivity index (χ2v) is 8.44. The molecule has 1 nitrogen and oxygen atoms in total. The zero-order valence-electron chi connectivity index (χ0n) is 12.7. The maximum atomic E-state index is 6.36. The molecular formula is C17H25BrClNS. The van der Waals surface area contributed by atoms with Crippen LogP contribution in [0.1, 0.15) is 44.6 Å². The summed E-state index contributed by atoms with van der Waals surface area (Å²) in [4.78, 5) is 0. The van der Waals surface area contributed by atoms with Crippen molar-refractivity contribution in [1.29, 1.82) is 0 Å². The molecule has 1 aromatic rings. The molecule has 0 amide bonds. The van der Waals surface area contributed by atoms with Crippen molar-refractivity contribution in [1.82, 2.24) is 5.32 Å². The van der Waals surface area contributed by atoms with Gasteiger partial charge in [0.1, 0.15) is 0 Å². The lowest BCUT2D eigenvalue weighted by atomic mass is 10.0. The van der Waals surface area contributed by atoms with Gasteiger partial charge in [-0.25, -0.2) is 0 Å². The normalized spacial score (nSPS) is 17.9. The number of hydrogen-bond donors (Lipinski definition) is 1. The summed E-state index contributed by atoms with van der Waals surface area (Å²) in [6.07, 6.45) is 8.09. The summed E-state index contributed by atoms with van der Waals surface area (Å²) >= 11 is 12.0. The number of hydrogen-bond acceptors (Lipinski definition) is 2. The molecule has 0 aromatic heterocycles. The number of halogens is 2. The van der Waals surface area contributed by atoms with Gasteiger partial charge in [0.2, 0.25) is 0 Å². The Morgan fingerprint density at radius 3 is 2.76 bits per heavy atom. The molecule has 1 fully saturated rings. The number of likely N-dealkylation sites (N-methyl/N-ethyl adjacent to an activating group) is 1. The van der Waals surface area contributed by atoms with Gasteiger partial charge in [-0.05, 0) is 43.5 Å². The summed E-state index contributed by atoms with van der Waals surface area (Å²) in [5.74, 6) is 1.19. The summed E-state index contributed by atoms with van der Waals surface area (Å²) in [7, 11) is 0. The van der Waals surface area contributed by atoms with Crippen LogP contribution >= 0.6 is 39.3 Å². The average Bonchev–Trinajstić information content (AvgIpc) is 2.49. The minimum Gasteiger partial charge on any atom is -0.313 e. The predicted molar refractivity (Wildman–Crippen MR) is 99.7 cm³/mol. The lowest BCUT2D eigenvalue weighted by Crippen LogP contribution is -2.34. The van der Waals surface area contributed by atoms with Gasteiger partial charge in [0.15, 0.2) is 0 Å². The summed E-state index contributed by atoms with van der Waals surface area (Å²) in [6.45, 7) is 3.20. The van der Waals surface area contributed by atoms with E-state index in [-0.39, 0.29) is 0 Å². The molecule has 1 atom stereocenters. The van der Waals surface area contributed by atoms with Crippen molar-refractivity contribution in [2.75, 3.05) is 12.3 Å². The molecule has 1 aromatic carbocycles. The van der Waals surface area contributed by atoms with E-state index >= 15 is 0 Å². The van der Waals surface area contributed by atoms with Crippen molar-refractivity contribution in [3.63, 3.8) is 0 Å². The van der Waals surface area contributed by atoms with Gasteiger partial charge in [0.25, 0.3) is 0 Å². The molecule has 0 heterocycles. The molecular weight excluding hydrogens is 366 g/mol. The summed E-state index contributed by atoms with van der Waals surface area (Å²) in [6, 6.07) is 6.73. The lowest BCUT2D eigenvalue weighted by molar-refractivity contribution is 0.513. The molecule has 2 rings (SSSR count). The number of thioether (sulfide) groups is 1. The van der Waals surface area contributed by atoms with Gasteiger partial charge in [-0.2, -0.15) is 11.8 Å². The second-order valence-electron chi connectivity index (χ2n) is 5.79. The molecule has 1 unspecified atom stereocenters. The minimum absolute atomic E-state index is 0.514. The third-order valence-electron chi connectivity index (χ3n) is 4.06. The Hall–Kier alpha value is 0.300. The zero-order chi connectivity index (χ0) is 15.1. The fourth-order valence-corrected chi connectivity index (χ4v) is 5.07. The standard InChI is InChI=1S/C17H25BrClNS/c1-2-20-15(12-21-16-6-4-3-5-7-16)10-13-8-9-14(18)11-17(13)19/h8-9,11,15-16,20H,2-7,10,12H2,1H3. The quantitative estimate of drug-likeness (QED) is 0.642. The first-order valence-corrected chi connectivity index (χ1v) is 10.2. The molecule has 4 heteroatoms. The molecule has 0 saturated heterocycles. The fraction of sp³-hybridized carbons (Fsp3) is 0.647. The zero-order valence-corrected chi connectivity index (χ0v) is 15.9. The van der Waals surface area contributed by atoms with E-state index in [4.69, 9.17) is 11.6 Å². The van der Waals surface area contributed by atoms with Gasteiger partial charge in [0.05, 0.1) is 0 Å². The van der Waals surface area contributed by atoms with E-state index in [0.717, 1.165) is 27.7 Å². The van der Waals surface area contributed by atoms with E-state index < -0.39 is 0 Å². The molecule has 1 saturated carbocycles. The maximum absolute atomic E-state index is 6.36. The highest BCUT2D eigenvalue weighted by atomic mass is 79.9. The van der Waals surface area contributed by atoms with Crippen LogP contribution in [0.4, 0.5) is 0 Å². The maximum Gasteiger partial charge on any atom is 0.0449 e. The molecule has 1 aliphatic rings. The first kappa shape index (κ1) is 17.7. The third kappa shape index (κ3) is 6.13. The van der Waals surface area contributed by atoms with Crippen LogP contribution in [0.25, 0.3) is 0 Å². The van der Waals surface area contributed by atoms with Gasteiger partial charge in [-0.1, -0.05) is 59.8 Å². The van der Waals surface area contributed by atoms with E-state index in [9.17, 15) is 0 Å². The first-order valence-electron chi connectivity index (χ1n) is 7.98. The van der Waals surface area contributed by atoms with Gasteiger partial charge in [0, 0.05) is 26.5 Å². The Bertz CT molecular complexity index is 435. The SMILES string of the molecule is CCNC(CSC1CCCCC1)Cc1ccc(Br)cc1Cl. The first-order chi connectivity index (χ1) is 10.2. The molecule has 0 spiro atoms. The molecule has 1 aliphatic carbocycles. The average molecular weight is 391 g/mol. The number of rotatable bonds is 7. The van der Waals surface area contributed by atoms with Crippen LogP contribution in [-0.4, -0.2) is 23.6 Å². The van der Waals surface area contributed by atoms with Crippen molar-refractivity contribution in [3.05, 3.63) is 33.3 Å².